The van der Waals surface area contributed by atoms with E-state index in [0.717, 1.165) is 67.5 Å². The maximum absolute atomic E-state index is 5.54. The first-order chi connectivity index (χ1) is 13.8. The third-order valence-electron chi connectivity index (χ3n) is 5.09. The van der Waals surface area contributed by atoms with E-state index in [1.54, 1.807) is 4.68 Å². The number of fused-ring (bicyclic) bond motifs is 1. The molecule has 1 fully saturated rings. The van der Waals surface area contributed by atoms with Crippen LogP contribution in [0.5, 0.6) is 0 Å². The van der Waals surface area contributed by atoms with Crippen LogP contribution in [0.1, 0.15) is 30.9 Å². The Morgan fingerprint density at radius 2 is 2.07 bits per heavy atom. The van der Waals surface area contributed by atoms with Gasteiger partial charge in [0.05, 0.1) is 36.5 Å². The Hall–Kier alpha value is -2.58. The van der Waals surface area contributed by atoms with Gasteiger partial charge in [0.1, 0.15) is 11.6 Å². The zero-order chi connectivity index (χ0) is 19.3. The molecule has 1 saturated heterocycles. The second-order valence-electron chi connectivity index (χ2n) is 7.04. The lowest BCUT2D eigenvalue weighted by atomic mass is 10.1. The van der Waals surface area contributed by atoms with Gasteiger partial charge in [-0.25, -0.2) is 9.97 Å². The quantitative estimate of drug-likeness (QED) is 0.672. The third kappa shape index (κ3) is 3.98. The van der Waals surface area contributed by atoms with E-state index in [0.29, 0.717) is 6.54 Å². The highest BCUT2D eigenvalue weighted by molar-refractivity contribution is 5.86. The monoisotopic (exact) mass is 381 g/mol. The molecule has 3 aromatic rings. The molecule has 8 heteroatoms. The molecule has 148 valence electrons. The van der Waals surface area contributed by atoms with Crippen molar-refractivity contribution in [2.24, 2.45) is 7.05 Å². The van der Waals surface area contributed by atoms with Crippen LogP contribution >= 0.6 is 0 Å². The van der Waals surface area contributed by atoms with Crippen LogP contribution in [0.15, 0.2) is 30.6 Å². The van der Waals surface area contributed by atoms with Crippen LogP contribution in [0, 0.1) is 0 Å². The predicted molar refractivity (Wildman–Crippen MR) is 108 cm³/mol. The molecule has 0 radical (unpaired) electrons. The van der Waals surface area contributed by atoms with E-state index in [1.807, 2.05) is 31.6 Å². The first-order valence-electron chi connectivity index (χ1n) is 9.91. The molecule has 1 aliphatic rings. The van der Waals surface area contributed by atoms with Crippen molar-refractivity contribution < 1.29 is 4.74 Å². The number of hydrogen-bond acceptors (Lipinski definition) is 7. The minimum Gasteiger partial charge on any atom is -0.379 e. The van der Waals surface area contributed by atoms with Gasteiger partial charge in [0.25, 0.3) is 0 Å². The Labute approximate surface area is 165 Å². The van der Waals surface area contributed by atoms with Crippen molar-refractivity contribution >= 4 is 16.9 Å². The second kappa shape index (κ2) is 8.62. The van der Waals surface area contributed by atoms with E-state index in [2.05, 4.69) is 38.3 Å². The van der Waals surface area contributed by atoms with Gasteiger partial charge in [-0.2, -0.15) is 5.10 Å². The summed E-state index contributed by atoms with van der Waals surface area (Å²) in [6.45, 7) is 6.16. The van der Waals surface area contributed by atoms with Crippen molar-refractivity contribution in [1.29, 1.82) is 0 Å². The van der Waals surface area contributed by atoms with Crippen LogP contribution in [0.2, 0.25) is 0 Å². The van der Waals surface area contributed by atoms with Crippen molar-refractivity contribution in [3.63, 3.8) is 0 Å². The van der Waals surface area contributed by atoms with Crippen LogP contribution in [0.4, 0.5) is 5.82 Å². The molecule has 1 aliphatic heterocycles. The Morgan fingerprint density at radius 1 is 1.21 bits per heavy atom. The van der Waals surface area contributed by atoms with Crippen molar-refractivity contribution in [2.75, 3.05) is 38.2 Å². The van der Waals surface area contributed by atoms with Crippen molar-refractivity contribution in [3.8, 4) is 0 Å². The van der Waals surface area contributed by atoms with E-state index in [4.69, 9.17) is 9.72 Å². The van der Waals surface area contributed by atoms with Crippen molar-refractivity contribution in [3.05, 3.63) is 42.1 Å². The number of aryl methyl sites for hydroxylation is 2. The molecule has 0 amide bonds. The number of rotatable bonds is 7. The fourth-order valence-electron chi connectivity index (χ4n) is 3.61. The van der Waals surface area contributed by atoms with Gasteiger partial charge in [0.2, 0.25) is 0 Å². The van der Waals surface area contributed by atoms with E-state index >= 15 is 0 Å². The fraction of sp³-hybridized carbons (Fsp3) is 0.500. The van der Waals surface area contributed by atoms with Crippen LogP contribution < -0.4 is 5.32 Å². The van der Waals surface area contributed by atoms with E-state index in [1.165, 1.54) is 0 Å². The van der Waals surface area contributed by atoms with Gasteiger partial charge >= 0.3 is 0 Å². The van der Waals surface area contributed by atoms with Crippen molar-refractivity contribution in [1.82, 2.24) is 29.6 Å². The summed E-state index contributed by atoms with van der Waals surface area (Å²) in [6.07, 6.45) is 5.54. The Bertz CT molecular complexity index is 906. The standard InChI is InChI=1S/C20H27N7O/c1-3-6-18-24-19(15-13-23-26(2)20(15)25-18)22-14-17(16-7-4-5-8-21-16)27-9-11-28-12-10-27/h4-5,7-8,13,17H,3,6,9-12,14H2,1-2H3,(H,22,24,25). The summed E-state index contributed by atoms with van der Waals surface area (Å²) in [5.74, 6) is 1.69. The fourth-order valence-corrected chi connectivity index (χ4v) is 3.61. The summed E-state index contributed by atoms with van der Waals surface area (Å²) in [5.41, 5.74) is 1.92. The maximum Gasteiger partial charge on any atom is 0.163 e. The number of ether oxygens (including phenoxy) is 1. The highest BCUT2D eigenvalue weighted by atomic mass is 16.5. The first kappa shape index (κ1) is 18.8. The molecule has 4 rings (SSSR count). The predicted octanol–water partition coefficient (Wildman–Crippen LogP) is 2.20. The normalized spacial score (nSPS) is 16.4. The van der Waals surface area contributed by atoms with Crippen LogP contribution in [-0.4, -0.2) is 62.5 Å². The molecule has 0 aromatic carbocycles. The molecule has 0 aliphatic carbocycles. The highest BCUT2D eigenvalue weighted by Gasteiger charge is 2.24. The van der Waals surface area contributed by atoms with Gasteiger partial charge in [-0.1, -0.05) is 13.0 Å². The largest absolute Gasteiger partial charge is 0.379 e. The number of nitrogens with one attached hydrogen (secondary N) is 1. The summed E-state index contributed by atoms with van der Waals surface area (Å²) >= 11 is 0. The molecule has 4 heterocycles. The maximum atomic E-state index is 5.54. The summed E-state index contributed by atoms with van der Waals surface area (Å²) < 4.78 is 7.34. The summed E-state index contributed by atoms with van der Waals surface area (Å²) in [6, 6.07) is 6.23. The SMILES string of the molecule is CCCc1nc(NCC(c2ccccn2)N2CCOCC2)c2cnn(C)c2n1. The van der Waals surface area contributed by atoms with Gasteiger partial charge in [-0.15, -0.1) is 0 Å². The molecule has 0 spiro atoms. The van der Waals surface area contributed by atoms with Crippen molar-refractivity contribution in [2.45, 2.75) is 25.8 Å². The number of morpholine rings is 1. The lowest BCUT2D eigenvalue weighted by molar-refractivity contribution is 0.0179. The Morgan fingerprint density at radius 3 is 2.82 bits per heavy atom. The molecule has 1 atom stereocenters. The minimum atomic E-state index is 0.154. The molecule has 0 bridgehead atoms. The van der Waals surface area contributed by atoms with Gasteiger partial charge in [0, 0.05) is 39.3 Å². The number of hydrogen-bond donors (Lipinski definition) is 1. The first-order valence-corrected chi connectivity index (χ1v) is 9.91. The molecule has 0 saturated carbocycles. The zero-order valence-electron chi connectivity index (χ0n) is 16.5. The van der Waals surface area contributed by atoms with Gasteiger partial charge in [-0.05, 0) is 18.6 Å². The lowest BCUT2D eigenvalue weighted by Crippen LogP contribution is -2.42. The molecular formula is C20H27N7O. The number of pyridine rings is 1. The number of anilines is 1. The zero-order valence-corrected chi connectivity index (χ0v) is 16.5. The highest BCUT2D eigenvalue weighted by Crippen LogP contribution is 2.24. The van der Waals surface area contributed by atoms with E-state index in [-0.39, 0.29) is 6.04 Å². The number of aromatic nitrogens is 5. The molecule has 8 nitrogen and oxygen atoms in total. The average molecular weight is 381 g/mol. The Kier molecular flexibility index (Phi) is 5.78. The molecule has 1 N–H and O–H groups in total. The van der Waals surface area contributed by atoms with Gasteiger partial charge in [-0.3, -0.25) is 14.6 Å². The van der Waals surface area contributed by atoms with Crippen LogP contribution in [0.3, 0.4) is 0 Å². The van der Waals surface area contributed by atoms with Crippen LogP contribution in [0.25, 0.3) is 11.0 Å². The molecule has 28 heavy (non-hydrogen) atoms. The smallest absolute Gasteiger partial charge is 0.163 e. The third-order valence-corrected chi connectivity index (χ3v) is 5.09. The molecule has 3 aromatic heterocycles. The summed E-state index contributed by atoms with van der Waals surface area (Å²) in [7, 11) is 1.92. The second-order valence-corrected chi connectivity index (χ2v) is 7.04. The lowest BCUT2D eigenvalue weighted by Gasteiger charge is -2.34. The minimum absolute atomic E-state index is 0.154. The van der Waals surface area contributed by atoms with Crippen LogP contribution in [-0.2, 0) is 18.2 Å². The topological polar surface area (TPSA) is 81.0 Å². The van der Waals surface area contributed by atoms with Gasteiger partial charge in [0.15, 0.2) is 5.65 Å². The number of nitrogens with zero attached hydrogens (tertiary/aromatic N) is 6. The van der Waals surface area contributed by atoms with Gasteiger partial charge < -0.3 is 10.1 Å². The Balaban J connectivity index is 1.61. The average Bonchev–Trinajstić information content (AvgIpc) is 3.11. The summed E-state index contributed by atoms with van der Waals surface area (Å²) in [4.78, 5) is 16.5. The van der Waals surface area contributed by atoms with E-state index in [9.17, 15) is 0 Å². The molecule has 1 unspecified atom stereocenters. The van der Waals surface area contributed by atoms with E-state index < -0.39 is 0 Å². The summed E-state index contributed by atoms with van der Waals surface area (Å²) in [5, 5.41) is 8.88. The molecular weight excluding hydrogens is 354 g/mol.